The van der Waals surface area contributed by atoms with Crippen molar-refractivity contribution >= 4 is 51.6 Å². The summed E-state index contributed by atoms with van der Waals surface area (Å²) in [4.78, 5) is 43.8. The van der Waals surface area contributed by atoms with E-state index in [2.05, 4.69) is 4.98 Å². The quantitative estimate of drug-likeness (QED) is 0.373. The number of nitrogens with two attached hydrogens (primary N) is 1. The van der Waals surface area contributed by atoms with Crippen molar-refractivity contribution in [2.24, 2.45) is 0 Å². The Hall–Kier alpha value is -3.43. The molecule has 8 nitrogen and oxygen atoms in total. The molecule has 1 amide bonds. The molecular formula is C23H22ClN3O5S. The van der Waals surface area contributed by atoms with Crippen molar-refractivity contribution in [1.29, 1.82) is 0 Å². The zero-order valence-electron chi connectivity index (χ0n) is 18.0. The van der Waals surface area contributed by atoms with Gasteiger partial charge in [-0.25, -0.2) is 14.6 Å². The Morgan fingerprint density at radius 1 is 1.09 bits per heavy atom. The van der Waals surface area contributed by atoms with Crippen LogP contribution in [0.1, 0.15) is 38.2 Å². The fraction of sp³-hybridized carbons (Fsp3) is 0.217. The van der Waals surface area contributed by atoms with Crippen LogP contribution < -0.4 is 10.6 Å². The first-order chi connectivity index (χ1) is 15.8. The number of rotatable bonds is 8. The lowest BCUT2D eigenvalue weighted by Gasteiger charge is -2.20. The van der Waals surface area contributed by atoms with E-state index in [9.17, 15) is 14.4 Å². The number of hydrogen-bond acceptors (Lipinski definition) is 8. The molecule has 2 aromatic carbocycles. The van der Waals surface area contributed by atoms with Crippen molar-refractivity contribution in [3.63, 3.8) is 0 Å². The first-order valence-corrected chi connectivity index (χ1v) is 11.2. The average molecular weight is 488 g/mol. The van der Waals surface area contributed by atoms with Crippen LogP contribution in [0.5, 0.6) is 0 Å². The number of benzene rings is 2. The molecule has 0 bridgehead atoms. The van der Waals surface area contributed by atoms with Gasteiger partial charge in [-0.2, -0.15) is 0 Å². The zero-order valence-corrected chi connectivity index (χ0v) is 19.6. The molecular weight excluding hydrogens is 466 g/mol. The number of anilines is 2. The first-order valence-electron chi connectivity index (χ1n) is 10.0. The van der Waals surface area contributed by atoms with Crippen LogP contribution in [0.15, 0.2) is 48.5 Å². The molecule has 0 aliphatic heterocycles. The Bertz CT molecular complexity index is 1170. The summed E-state index contributed by atoms with van der Waals surface area (Å²) in [6.45, 7) is 3.24. The Kier molecular flexibility index (Phi) is 8.02. The van der Waals surface area contributed by atoms with Crippen LogP contribution >= 0.6 is 22.9 Å². The number of thiazole rings is 1. The number of halogens is 1. The molecule has 3 rings (SSSR count). The van der Waals surface area contributed by atoms with E-state index in [0.717, 1.165) is 16.9 Å². The largest absolute Gasteiger partial charge is 0.462 e. The van der Waals surface area contributed by atoms with Gasteiger partial charge in [-0.15, -0.1) is 0 Å². The molecule has 0 saturated carbocycles. The fourth-order valence-corrected chi connectivity index (χ4v) is 4.07. The monoisotopic (exact) mass is 487 g/mol. The summed E-state index contributed by atoms with van der Waals surface area (Å²) in [7, 11) is 0. The molecule has 3 aromatic rings. The first kappa shape index (κ1) is 24.2. The van der Waals surface area contributed by atoms with Crippen molar-refractivity contribution in [1.82, 2.24) is 4.98 Å². The summed E-state index contributed by atoms with van der Waals surface area (Å²) >= 11 is 6.90. The fourth-order valence-electron chi connectivity index (χ4n) is 2.91. The molecule has 0 aliphatic carbocycles. The zero-order chi connectivity index (χ0) is 24.0. The molecule has 0 aliphatic rings. The average Bonchev–Trinajstić information content (AvgIpc) is 3.18. The van der Waals surface area contributed by atoms with E-state index in [-0.39, 0.29) is 24.4 Å². The van der Waals surface area contributed by atoms with Crippen molar-refractivity contribution in [2.45, 2.75) is 20.4 Å². The lowest BCUT2D eigenvalue weighted by Crippen LogP contribution is -2.34. The second-order valence-electron chi connectivity index (χ2n) is 6.90. The van der Waals surface area contributed by atoms with E-state index < -0.39 is 24.5 Å². The topological polar surface area (TPSA) is 112 Å². The third kappa shape index (κ3) is 6.09. The molecule has 1 aromatic heterocycles. The number of aromatic nitrogens is 1. The Labute approximate surface area is 199 Å². The van der Waals surface area contributed by atoms with E-state index >= 15 is 0 Å². The minimum Gasteiger partial charge on any atom is -0.462 e. The molecule has 33 heavy (non-hydrogen) atoms. The summed E-state index contributed by atoms with van der Waals surface area (Å²) in [6.07, 6.45) is 0. The maximum atomic E-state index is 13.1. The molecule has 0 fully saturated rings. The molecule has 10 heteroatoms. The summed E-state index contributed by atoms with van der Waals surface area (Å²) in [6, 6.07) is 13.6. The Morgan fingerprint density at radius 3 is 2.48 bits per heavy atom. The summed E-state index contributed by atoms with van der Waals surface area (Å²) in [5.74, 6) is -1.76. The molecule has 172 valence electrons. The maximum absolute atomic E-state index is 13.1. The van der Waals surface area contributed by atoms with E-state index in [0.29, 0.717) is 20.7 Å². The van der Waals surface area contributed by atoms with Crippen LogP contribution in [-0.4, -0.2) is 36.0 Å². The Morgan fingerprint density at radius 2 is 1.82 bits per heavy atom. The van der Waals surface area contributed by atoms with Crippen molar-refractivity contribution in [2.75, 3.05) is 23.8 Å². The van der Waals surface area contributed by atoms with Gasteiger partial charge in [0.25, 0.3) is 5.91 Å². The molecule has 0 unspecified atom stereocenters. The van der Waals surface area contributed by atoms with Gasteiger partial charge in [-0.05, 0) is 37.6 Å². The molecule has 0 saturated heterocycles. The van der Waals surface area contributed by atoms with Crippen LogP contribution in [0.25, 0.3) is 0 Å². The van der Waals surface area contributed by atoms with Crippen molar-refractivity contribution in [3.05, 3.63) is 75.3 Å². The van der Waals surface area contributed by atoms with Gasteiger partial charge in [-0.1, -0.05) is 53.3 Å². The van der Waals surface area contributed by atoms with Gasteiger partial charge < -0.3 is 15.2 Å². The molecule has 0 atom stereocenters. The van der Waals surface area contributed by atoms with E-state index in [1.807, 2.05) is 30.3 Å². The van der Waals surface area contributed by atoms with Crippen molar-refractivity contribution in [3.8, 4) is 0 Å². The van der Waals surface area contributed by atoms with Crippen LogP contribution in [0.4, 0.5) is 10.8 Å². The number of amides is 1. The number of aryl methyl sites for hydroxylation is 1. The molecule has 2 N–H and O–H groups in total. The summed E-state index contributed by atoms with van der Waals surface area (Å²) in [5.41, 5.74) is 7.36. The van der Waals surface area contributed by atoms with Gasteiger partial charge in [0, 0.05) is 10.7 Å². The van der Waals surface area contributed by atoms with Gasteiger partial charge in [-0.3, -0.25) is 9.69 Å². The highest BCUT2D eigenvalue weighted by Gasteiger charge is 2.25. The predicted octanol–water partition coefficient (Wildman–Crippen LogP) is 4.25. The summed E-state index contributed by atoms with van der Waals surface area (Å²) < 4.78 is 10.3. The number of ether oxygens (including phenoxy) is 2. The van der Waals surface area contributed by atoms with Crippen LogP contribution in [-0.2, 0) is 20.8 Å². The molecule has 1 heterocycles. The van der Waals surface area contributed by atoms with Gasteiger partial charge in [0.2, 0.25) is 0 Å². The van der Waals surface area contributed by atoms with E-state index in [4.69, 9.17) is 26.8 Å². The highest BCUT2D eigenvalue weighted by molar-refractivity contribution is 7.17. The lowest BCUT2D eigenvalue weighted by molar-refractivity contribution is -0.121. The lowest BCUT2D eigenvalue weighted by atomic mass is 10.2. The van der Waals surface area contributed by atoms with Gasteiger partial charge in [0.15, 0.2) is 11.7 Å². The predicted molar refractivity (Wildman–Crippen MR) is 127 cm³/mol. The van der Waals surface area contributed by atoms with Crippen LogP contribution in [0, 0.1) is 6.92 Å². The van der Waals surface area contributed by atoms with E-state index in [1.54, 1.807) is 13.8 Å². The SMILES string of the molecule is CCOC(=O)c1sc(N(Cc2ccccc2)C(=O)COC(=O)c2ccc(Cl)cc2N)nc1C. The van der Waals surface area contributed by atoms with E-state index in [1.165, 1.54) is 23.1 Å². The highest BCUT2D eigenvalue weighted by atomic mass is 35.5. The standard InChI is InChI=1S/C23H22ClN3O5S/c1-3-31-22(30)20-14(2)26-23(33-20)27(12-15-7-5-4-6-8-15)19(28)13-32-21(29)17-10-9-16(24)11-18(17)25/h4-11H,3,12-13,25H2,1-2H3. The number of carbonyl (C=O) groups is 3. The molecule has 0 spiro atoms. The minimum absolute atomic E-state index is 0.108. The minimum atomic E-state index is -0.750. The smallest absolute Gasteiger partial charge is 0.350 e. The van der Waals surface area contributed by atoms with Gasteiger partial charge in [0.1, 0.15) is 4.88 Å². The second-order valence-corrected chi connectivity index (χ2v) is 8.32. The van der Waals surface area contributed by atoms with Crippen molar-refractivity contribution < 1.29 is 23.9 Å². The van der Waals surface area contributed by atoms with Crippen LogP contribution in [0.3, 0.4) is 0 Å². The number of nitrogens with zero attached hydrogens (tertiary/aromatic N) is 2. The second kappa shape index (κ2) is 10.9. The summed E-state index contributed by atoms with van der Waals surface area (Å²) in [5, 5.41) is 0.678. The third-order valence-corrected chi connectivity index (χ3v) is 5.92. The number of esters is 2. The highest BCUT2D eigenvalue weighted by Crippen LogP contribution is 2.28. The maximum Gasteiger partial charge on any atom is 0.350 e. The van der Waals surface area contributed by atoms with Gasteiger partial charge >= 0.3 is 11.9 Å². The molecule has 0 radical (unpaired) electrons. The third-order valence-electron chi connectivity index (χ3n) is 4.52. The van der Waals surface area contributed by atoms with Gasteiger partial charge in [0.05, 0.1) is 24.4 Å². The number of nitrogen functional groups attached to an aromatic ring is 1. The van der Waals surface area contributed by atoms with Crippen LogP contribution in [0.2, 0.25) is 5.02 Å². The normalized spacial score (nSPS) is 10.5. The number of hydrogen-bond donors (Lipinski definition) is 1. The number of carbonyl (C=O) groups excluding carboxylic acids is 3. The Balaban J connectivity index is 1.82.